The lowest BCUT2D eigenvalue weighted by molar-refractivity contribution is -0.0448. The van der Waals surface area contributed by atoms with E-state index in [9.17, 15) is 0 Å². The molecule has 0 aliphatic rings. The average molecular weight is 279 g/mol. The Kier molecular flexibility index (Phi) is 4.88. The van der Waals surface area contributed by atoms with Crippen LogP contribution in [0.15, 0.2) is 24.3 Å². The van der Waals surface area contributed by atoms with E-state index in [2.05, 4.69) is 25.1 Å². The average Bonchev–Trinajstić information content (AvgIpc) is 2.84. The monoisotopic (exact) mass is 279 g/mol. The summed E-state index contributed by atoms with van der Waals surface area (Å²) in [7, 11) is 3.95. The van der Waals surface area contributed by atoms with Crippen molar-refractivity contribution in [2.45, 2.75) is 24.8 Å². The molecule has 2 radical (unpaired) electrons. The van der Waals surface area contributed by atoms with Crippen molar-refractivity contribution < 1.29 is 9.47 Å². The minimum Gasteiger partial charge on any atom is -0.360 e. The maximum Gasteiger partial charge on any atom is 0.137 e. The van der Waals surface area contributed by atoms with Crippen molar-refractivity contribution in [1.82, 2.24) is 4.98 Å². The third kappa shape index (κ3) is 2.98. The van der Waals surface area contributed by atoms with Crippen LogP contribution in [-0.2, 0) is 9.47 Å². The number of rotatable bonds is 6. The Morgan fingerprint density at radius 2 is 2.00 bits per heavy atom. The summed E-state index contributed by atoms with van der Waals surface area (Å²) in [6.07, 6.45) is 1.06. The number of ether oxygens (including phenoxy) is 2. The van der Waals surface area contributed by atoms with Gasteiger partial charge < -0.3 is 9.47 Å². The van der Waals surface area contributed by atoms with Crippen molar-refractivity contribution in [2.75, 3.05) is 14.2 Å². The maximum absolute atomic E-state index is 5.29. The van der Waals surface area contributed by atoms with Crippen molar-refractivity contribution >= 4 is 31.1 Å². The van der Waals surface area contributed by atoms with Crippen molar-refractivity contribution in [3.05, 3.63) is 29.3 Å². The molecule has 1 atom stereocenters. The molecule has 1 aromatic heterocycles. The highest BCUT2D eigenvalue weighted by molar-refractivity contribution is 7.18. The van der Waals surface area contributed by atoms with Crippen LogP contribution in [0.2, 0.25) is 0 Å². The zero-order valence-corrected chi connectivity index (χ0v) is 12.7. The van der Waals surface area contributed by atoms with Crippen LogP contribution in [0.4, 0.5) is 0 Å². The summed E-state index contributed by atoms with van der Waals surface area (Å²) in [5, 5.41) is 1.19. The molecule has 0 amide bonds. The number of thiazole rings is 1. The van der Waals surface area contributed by atoms with Gasteiger partial charge in [0.1, 0.15) is 15.4 Å². The van der Waals surface area contributed by atoms with Gasteiger partial charge in [0.15, 0.2) is 0 Å². The molecule has 0 aliphatic carbocycles. The van der Waals surface area contributed by atoms with E-state index in [0.29, 0.717) is 15.1 Å². The fourth-order valence-electron chi connectivity index (χ4n) is 1.80. The highest BCUT2D eigenvalue weighted by Crippen LogP contribution is 2.29. The van der Waals surface area contributed by atoms with E-state index in [4.69, 9.17) is 14.5 Å². The first-order chi connectivity index (χ1) is 8.78. The van der Waals surface area contributed by atoms with Crippen LogP contribution in [0.3, 0.4) is 0 Å². The fourth-order valence-corrected chi connectivity index (χ4v) is 4.27. The van der Waals surface area contributed by atoms with Crippen LogP contribution in [-0.4, -0.2) is 34.6 Å². The Morgan fingerprint density at radius 3 is 2.61 bits per heavy atom. The van der Waals surface area contributed by atoms with Crippen molar-refractivity contribution in [1.29, 1.82) is 0 Å². The molecule has 2 aromatic rings. The van der Waals surface area contributed by atoms with E-state index in [-0.39, 0.29) is 5.91 Å². The van der Waals surface area contributed by atoms with E-state index in [1.807, 2.05) is 6.07 Å². The fraction of sp³-hybridized carbons (Fsp3) is 0.462. The second kappa shape index (κ2) is 6.42. The van der Waals surface area contributed by atoms with Crippen molar-refractivity contribution in [3.63, 3.8) is 0 Å². The number of hydrogen-bond acceptors (Lipinski definition) is 4. The molecule has 0 bridgehead atoms. The van der Waals surface area contributed by atoms with Gasteiger partial charge in [-0.2, -0.15) is 0 Å². The van der Waals surface area contributed by atoms with Gasteiger partial charge >= 0.3 is 0 Å². The van der Waals surface area contributed by atoms with Crippen LogP contribution in [0.5, 0.6) is 0 Å². The molecular weight excluding hydrogens is 262 g/mol. The zero-order chi connectivity index (χ0) is 13.0. The highest BCUT2D eigenvalue weighted by Gasteiger charge is 2.20. The Morgan fingerprint density at radius 1 is 1.28 bits per heavy atom. The molecular formula is C13H17NO2SSi. The van der Waals surface area contributed by atoms with Crippen LogP contribution in [0.25, 0.3) is 10.2 Å². The van der Waals surface area contributed by atoms with Gasteiger partial charge in [-0.25, -0.2) is 4.98 Å². The van der Waals surface area contributed by atoms with Crippen molar-refractivity contribution in [3.8, 4) is 0 Å². The second-order valence-corrected chi connectivity index (χ2v) is 6.51. The smallest absolute Gasteiger partial charge is 0.137 e. The molecule has 1 aromatic carbocycles. The van der Waals surface area contributed by atoms with Gasteiger partial charge in [-0.15, -0.1) is 11.3 Å². The number of aromatic nitrogens is 1. The predicted molar refractivity (Wildman–Crippen MR) is 76.2 cm³/mol. The summed E-state index contributed by atoms with van der Waals surface area (Å²) in [5.41, 5.74) is 1.51. The molecule has 0 spiro atoms. The van der Waals surface area contributed by atoms with E-state index < -0.39 is 0 Å². The molecule has 96 valence electrons. The second-order valence-electron chi connectivity index (χ2n) is 3.95. The largest absolute Gasteiger partial charge is 0.360 e. The molecule has 0 N–H and O–H groups in total. The predicted octanol–water partition coefficient (Wildman–Crippen LogP) is 3.03. The molecule has 1 heterocycles. The Balaban J connectivity index is 2.21. The summed E-state index contributed by atoms with van der Waals surface area (Å²) in [4.78, 5) is 4.72. The van der Waals surface area contributed by atoms with Gasteiger partial charge in [-0.3, -0.25) is 0 Å². The standard InChI is InChI=1S/C13H17NO2SSi/c1-4-11(18-13(15-2)16-3)12-14-9-7-5-6-8-10(9)17-12/h5-8,11,13H,4H2,1-3H3. The first-order valence-electron chi connectivity index (χ1n) is 5.95. The Hall–Kier alpha value is -0.753. The van der Waals surface area contributed by atoms with Gasteiger partial charge in [0.25, 0.3) is 0 Å². The number of benzene rings is 1. The Labute approximate surface area is 114 Å². The number of fused-ring (bicyclic) bond motifs is 1. The first kappa shape index (κ1) is 13.7. The van der Waals surface area contributed by atoms with Gasteiger partial charge in [-0.1, -0.05) is 19.1 Å². The number of methoxy groups -OCH3 is 2. The van der Waals surface area contributed by atoms with E-state index in [1.54, 1.807) is 25.6 Å². The molecule has 0 aliphatic heterocycles. The lowest BCUT2D eigenvalue weighted by Crippen LogP contribution is -2.26. The number of nitrogens with zero attached hydrogens (tertiary/aromatic N) is 1. The third-order valence-corrected chi connectivity index (χ3v) is 5.97. The number of hydrogen-bond donors (Lipinski definition) is 0. The molecule has 18 heavy (non-hydrogen) atoms. The van der Waals surface area contributed by atoms with Gasteiger partial charge in [0.2, 0.25) is 0 Å². The quantitative estimate of drug-likeness (QED) is 0.601. The highest BCUT2D eigenvalue weighted by atomic mass is 32.1. The van der Waals surface area contributed by atoms with Crippen LogP contribution < -0.4 is 0 Å². The van der Waals surface area contributed by atoms with E-state index in [1.165, 1.54) is 9.71 Å². The third-order valence-electron chi connectivity index (χ3n) is 2.78. The first-order valence-corrected chi connectivity index (χ1v) is 7.92. The number of para-hydroxylation sites is 1. The molecule has 0 fully saturated rings. The SMILES string of the molecule is CCC([Si]C(OC)OC)c1nc2ccccc2s1. The molecule has 5 heteroatoms. The topological polar surface area (TPSA) is 31.4 Å². The normalized spacial score (nSPS) is 13.3. The van der Waals surface area contributed by atoms with Gasteiger partial charge in [-0.05, 0) is 18.6 Å². The summed E-state index contributed by atoms with van der Waals surface area (Å²) in [5.74, 6) is -0.123. The summed E-state index contributed by atoms with van der Waals surface area (Å²) in [6.45, 7) is 2.19. The summed E-state index contributed by atoms with van der Waals surface area (Å²) >= 11 is 1.78. The van der Waals surface area contributed by atoms with E-state index >= 15 is 0 Å². The summed E-state index contributed by atoms with van der Waals surface area (Å²) < 4.78 is 11.8. The van der Waals surface area contributed by atoms with Crippen molar-refractivity contribution in [2.24, 2.45) is 0 Å². The zero-order valence-electron chi connectivity index (χ0n) is 10.8. The lowest BCUT2D eigenvalue weighted by Gasteiger charge is -2.17. The van der Waals surface area contributed by atoms with Gasteiger partial charge in [0, 0.05) is 19.8 Å². The molecule has 1 unspecified atom stereocenters. The molecule has 0 saturated carbocycles. The van der Waals surface area contributed by atoms with E-state index in [0.717, 1.165) is 11.9 Å². The minimum absolute atomic E-state index is 0.123. The molecule has 3 nitrogen and oxygen atoms in total. The van der Waals surface area contributed by atoms with Gasteiger partial charge in [0.05, 0.1) is 15.2 Å². The Bertz CT molecular complexity index is 465. The van der Waals surface area contributed by atoms with Crippen LogP contribution >= 0.6 is 11.3 Å². The lowest BCUT2D eigenvalue weighted by atomic mass is 10.3. The minimum atomic E-state index is -0.123. The molecule has 2 rings (SSSR count). The maximum atomic E-state index is 5.29. The van der Waals surface area contributed by atoms with Crippen LogP contribution in [0, 0.1) is 0 Å². The molecule has 0 saturated heterocycles. The van der Waals surface area contributed by atoms with Crippen LogP contribution in [0.1, 0.15) is 23.9 Å². The summed E-state index contributed by atoms with van der Waals surface area (Å²) in [6, 6.07) is 8.27.